The molecule has 0 unspecified atom stereocenters. The average molecular weight is 252 g/mol. The third-order valence-electron chi connectivity index (χ3n) is 3.11. The van der Waals surface area contributed by atoms with E-state index in [0.29, 0.717) is 0 Å². The Kier molecular flexibility index (Phi) is 6.02. The molecule has 1 aromatic rings. The standard InChI is InChI=1S/C14H28N4/c1-5-10-18-14(13(15)12(4)17-18)16-9-7-6-8-11(2)3/h11,16H,5-10,15H2,1-4H3. The van der Waals surface area contributed by atoms with Gasteiger partial charge in [-0.1, -0.05) is 33.6 Å². The maximum absolute atomic E-state index is 6.05. The van der Waals surface area contributed by atoms with Gasteiger partial charge in [-0.25, -0.2) is 4.68 Å². The molecule has 4 heteroatoms. The molecule has 104 valence electrons. The largest absolute Gasteiger partial charge is 0.394 e. The van der Waals surface area contributed by atoms with Crippen molar-refractivity contribution in [1.82, 2.24) is 9.78 Å². The Morgan fingerprint density at radius 3 is 2.67 bits per heavy atom. The lowest BCUT2D eigenvalue weighted by Gasteiger charge is -2.10. The fraction of sp³-hybridized carbons (Fsp3) is 0.786. The molecule has 0 amide bonds. The van der Waals surface area contributed by atoms with Crippen molar-refractivity contribution in [1.29, 1.82) is 0 Å². The Balaban J connectivity index is 2.45. The highest BCUT2D eigenvalue weighted by Gasteiger charge is 2.10. The van der Waals surface area contributed by atoms with E-state index in [4.69, 9.17) is 5.73 Å². The summed E-state index contributed by atoms with van der Waals surface area (Å²) in [5.41, 5.74) is 7.77. The van der Waals surface area contributed by atoms with Crippen molar-refractivity contribution in [3.8, 4) is 0 Å². The van der Waals surface area contributed by atoms with Crippen LogP contribution in [0.25, 0.3) is 0 Å². The Morgan fingerprint density at radius 2 is 2.06 bits per heavy atom. The molecule has 0 spiro atoms. The number of nitrogen functional groups attached to an aromatic ring is 1. The van der Waals surface area contributed by atoms with Gasteiger partial charge in [0, 0.05) is 13.1 Å². The van der Waals surface area contributed by atoms with Crippen molar-refractivity contribution in [3.63, 3.8) is 0 Å². The Hall–Kier alpha value is -1.19. The van der Waals surface area contributed by atoms with Crippen molar-refractivity contribution in [2.45, 2.75) is 59.9 Å². The molecule has 3 N–H and O–H groups in total. The first-order chi connectivity index (χ1) is 8.56. The maximum Gasteiger partial charge on any atom is 0.148 e. The van der Waals surface area contributed by atoms with E-state index in [9.17, 15) is 0 Å². The summed E-state index contributed by atoms with van der Waals surface area (Å²) < 4.78 is 1.99. The first-order valence-electron chi connectivity index (χ1n) is 7.13. The molecular weight excluding hydrogens is 224 g/mol. The van der Waals surface area contributed by atoms with Crippen molar-refractivity contribution in [3.05, 3.63) is 5.69 Å². The van der Waals surface area contributed by atoms with Gasteiger partial charge in [0.1, 0.15) is 5.82 Å². The summed E-state index contributed by atoms with van der Waals surface area (Å²) in [6, 6.07) is 0. The van der Waals surface area contributed by atoms with Gasteiger partial charge in [0.15, 0.2) is 0 Å². The van der Waals surface area contributed by atoms with Crippen LogP contribution >= 0.6 is 0 Å². The Bertz CT molecular complexity index is 355. The number of anilines is 2. The van der Waals surface area contributed by atoms with E-state index in [2.05, 4.69) is 31.2 Å². The Morgan fingerprint density at radius 1 is 1.33 bits per heavy atom. The summed E-state index contributed by atoms with van der Waals surface area (Å²) in [6.07, 6.45) is 4.83. The number of nitrogens with two attached hydrogens (primary N) is 1. The number of rotatable bonds is 8. The molecule has 4 nitrogen and oxygen atoms in total. The van der Waals surface area contributed by atoms with E-state index in [0.717, 1.165) is 42.6 Å². The second-order valence-electron chi connectivity index (χ2n) is 5.39. The van der Waals surface area contributed by atoms with Gasteiger partial charge in [-0.15, -0.1) is 0 Å². The Labute approximate surface area is 111 Å². The predicted octanol–water partition coefficient (Wildman–Crippen LogP) is 3.42. The van der Waals surface area contributed by atoms with Crippen molar-refractivity contribution in [2.75, 3.05) is 17.6 Å². The second-order valence-corrected chi connectivity index (χ2v) is 5.39. The molecule has 0 aliphatic rings. The van der Waals surface area contributed by atoms with Crippen LogP contribution in [0.3, 0.4) is 0 Å². The van der Waals surface area contributed by atoms with Gasteiger partial charge in [-0.2, -0.15) is 5.10 Å². The van der Waals surface area contributed by atoms with Crippen LogP contribution in [-0.2, 0) is 6.54 Å². The summed E-state index contributed by atoms with van der Waals surface area (Å²) in [5.74, 6) is 1.79. The zero-order valence-electron chi connectivity index (χ0n) is 12.3. The summed E-state index contributed by atoms with van der Waals surface area (Å²) in [7, 11) is 0. The highest BCUT2D eigenvalue weighted by molar-refractivity contribution is 5.64. The van der Waals surface area contributed by atoms with E-state index in [-0.39, 0.29) is 0 Å². The third kappa shape index (κ3) is 4.24. The van der Waals surface area contributed by atoms with Crippen molar-refractivity contribution >= 4 is 11.5 Å². The third-order valence-corrected chi connectivity index (χ3v) is 3.11. The first kappa shape index (κ1) is 14.9. The lowest BCUT2D eigenvalue weighted by atomic mass is 10.1. The molecule has 0 aliphatic carbocycles. The summed E-state index contributed by atoms with van der Waals surface area (Å²) in [5, 5.41) is 7.89. The molecule has 18 heavy (non-hydrogen) atoms. The molecule has 0 aromatic carbocycles. The normalized spacial score (nSPS) is 11.2. The first-order valence-corrected chi connectivity index (χ1v) is 7.13. The van der Waals surface area contributed by atoms with Crippen LogP contribution in [0.1, 0.15) is 52.1 Å². The van der Waals surface area contributed by atoms with Crippen LogP contribution in [0.5, 0.6) is 0 Å². The fourth-order valence-electron chi connectivity index (χ4n) is 2.04. The summed E-state index contributed by atoms with van der Waals surface area (Å²) in [4.78, 5) is 0. The number of hydrogen-bond donors (Lipinski definition) is 2. The van der Waals surface area contributed by atoms with E-state index in [1.165, 1.54) is 19.3 Å². The highest BCUT2D eigenvalue weighted by atomic mass is 15.3. The van der Waals surface area contributed by atoms with E-state index in [1.54, 1.807) is 0 Å². The van der Waals surface area contributed by atoms with Gasteiger partial charge < -0.3 is 11.1 Å². The monoisotopic (exact) mass is 252 g/mol. The average Bonchev–Trinajstić information content (AvgIpc) is 2.56. The molecule has 0 saturated heterocycles. The number of nitrogens with one attached hydrogen (secondary N) is 1. The van der Waals surface area contributed by atoms with Crippen molar-refractivity contribution < 1.29 is 0 Å². The van der Waals surface area contributed by atoms with Crippen LogP contribution in [0, 0.1) is 12.8 Å². The SMILES string of the molecule is CCCn1nc(C)c(N)c1NCCCCC(C)C. The van der Waals surface area contributed by atoms with Crippen LogP contribution in [0.2, 0.25) is 0 Å². The molecule has 0 fully saturated rings. The van der Waals surface area contributed by atoms with Crippen LogP contribution in [-0.4, -0.2) is 16.3 Å². The van der Waals surface area contributed by atoms with Gasteiger partial charge in [0.25, 0.3) is 0 Å². The number of nitrogens with zero attached hydrogens (tertiary/aromatic N) is 2. The van der Waals surface area contributed by atoms with Crippen molar-refractivity contribution in [2.24, 2.45) is 5.92 Å². The lowest BCUT2D eigenvalue weighted by Crippen LogP contribution is -2.10. The fourth-order valence-corrected chi connectivity index (χ4v) is 2.04. The number of aromatic nitrogens is 2. The molecule has 0 atom stereocenters. The molecule has 1 aromatic heterocycles. The highest BCUT2D eigenvalue weighted by Crippen LogP contribution is 2.22. The molecule has 1 heterocycles. The minimum atomic E-state index is 0.794. The molecular formula is C14H28N4. The van der Waals surface area contributed by atoms with E-state index >= 15 is 0 Å². The molecule has 1 rings (SSSR count). The topological polar surface area (TPSA) is 55.9 Å². The zero-order valence-corrected chi connectivity index (χ0v) is 12.3. The van der Waals surface area contributed by atoms with Gasteiger partial charge in [0.05, 0.1) is 11.4 Å². The van der Waals surface area contributed by atoms with Crippen LogP contribution < -0.4 is 11.1 Å². The van der Waals surface area contributed by atoms with Gasteiger partial charge >= 0.3 is 0 Å². The summed E-state index contributed by atoms with van der Waals surface area (Å²) in [6.45, 7) is 10.6. The number of hydrogen-bond acceptors (Lipinski definition) is 3. The number of aryl methyl sites for hydroxylation is 2. The molecule has 0 aliphatic heterocycles. The van der Waals surface area contributed by atoms with E-state index in [1.807, 2.05) is 11.6 Å². The van der Waals surface area contributed by atoms with Crippen LogP contribution in [0.4, 0.5) is 11.5 Å². The van der Waals surface area contributed by atoms with Gasteiger partial charge in [0.2, 0.25) is 0 Å². The zero-order chi connectivity index (χ0) is 13.5. The van der Waals surface area contributed by atoms with Gasteiger partial charge in [-0.3, -0.25) is 0 Å². The minimum Gasteiger partial charge on any atom is -0.394 e. The maximum atomic E-state index is 6.05. The quantitative estimate of drug-likeness (QED) is 0.697. The smallest absolute Gasteiger partial charge is 0.148 e. The minimum absolute atomic E-state index is 0.794. The van der Waals surface area contributed by atoms with Crippen LogP contribution in [0.15, 0.2) is 0 Å². The summed E-state index contributed by atoms with van der Waals surface area (Å²) >= 11 is 0. The number of unbranched alkanes of at least 4 members (excludes halogenated alkanes) is 1. The van der Waals surface area contributed by atoms with E-state index < -0.39 is 0 Å². The molecule has 0 radical (unpaired) electrons. The molecule has 0 bridgehead atoms. The lowest BCUT2D eigenvalue weighted by molar-refractivity contribution is 0.543. The van der Waals surface area contributed by atoms with Gasteiger partial charge in [-0.05, 0) is 25.7 Å². The molecule has 0 saturated carbocycles. The second kappa shape index (κ2) is 7.29. The predicted molar refractivity (Wildman–Crippen MR) is 78.8 cm³/mol.